The summed E-state index contributed by atoms with van der Waals surface area (Å²) in [5.74, 6) is 1.56. The van der Waals surface area contributed by atoms with Crippen molar-refractivity contribution >= 4 is 28.1 Å². The molecular formula is C15H18ClNO. The van der Waals surface area contributed by atoms with Crippen molar-refractivity contribution in [1.82, 2.24) is 0 Å². The second kappa shape index (κ2) is 6.50. The van der Waals surface area contributed by atoms with Gasteiger partial charge in [0, 0.05) is 28.9 Å². The molecule has 18 heavy (non-hydrogen) atoms. The zero-order valence-corrected chi connectivity index (χ0v) is 11.3. The summed E-state index contributed by atoms with van der Waals surface area (Å²) in [5, 5.41) is 5.71. The van der Waals surface area contributed by atoms with Crippen LogP contribution in [-0.4, -0.2) is 19.0 Å². The standard InChI is InChI=1S/C15H18ClNO/c1-2-17-14-8-3-7-13-12(14)6-4-9-15(13)18-11-5-10-16/h3-4,6-9,17H,2,5,10-11H2,1H3. The Morgan fingerprint density at radius 3 is 2.67 bits per heavy atom. The smallest absolute Gasteiger partial charge is 0.127 e. The fourth-order valence-corrected chi connectivity index (χ4v) is 2.10. The summed E-state index contributed by atoms with van der Waals surface area (Å²) < 4.78 is 5.78. The fourth-order valence-electron chi connectivity index (χ4n) is 1.99. The molecule has 0 aliphatic heterocycles. The second-order valence-corrected chi connectivity index (χ2v) is 4.46. The Morgan fingerprint density at radius 2 is 1.89 bits per heavy atom. The van der Waals surface area contributed by atoms with Crippen molar-refractivity contribution in [3.8, 4) is 5.75 Å². The maximum Gasteiger partial charge on any atom is 0.127 e. The summed E-state index contributed by atoms with van der Waals surface area (Å²) in [6.45, 7) is 3.67. The van der Waals surface area contributed by atoms with E-state index in [1.165, 1.54) is 5.39 Å². The minimum atomic E-state index is 0.632. The zero-order valence-electron chi connectivity index (χ0n) is 10.6. The molecule has 0 unspecified atom stereocenters. The molecule has 0 radical (unpaired) electrons. The Balaban J connectivity index is 2.34. The predicted octanol–water partition coefficient (Wildman–Crippen LogP) is 4.28. The molecule has 2 nitrogen and oxygen atoms in total. The topological polar surface area (TPSA) is 21.3 Å². The van der Waals surface area contributed by atoms with E-state index in [1.807, 2.05) is 12.1 Å². The van der Waals surface area contributed by atoms with Crippen LogP contribution in [0.5, 0.6) is 5.75 Å². The van der Waals surface area contributed by atoms with Gasteiger partial charge in [-0.1, -0.05) is 24.3 Å². The molecule has 0 saturated heterocycles. The lowest BCUT2D eigenvalue weighted by Crippen LogP contribution is -2.00. The number of halogens is 1. The summed E-state index contributed by atoms with van der Waals surface area (Å²) in [6.07, 6.45) is 0.866. The number of fused-ring (bicyclic) bond motifs is 1. The average Bonchev–Trinajstić information content (AvgIpc) is 2.40. The number of ether oxygens (including phenoxy) is 1. The first-order valence-corrected chi connectivity index (χ1v) is 6.84. The van der Waals surface area contributed by atoms with Crippen molar-refractivity contribution in [1.29, 1.82) is 0 Å². The molecule has 0 saturated carbocycles. The molecule has 0 spiro atoms. The first kappa shape index (κ1) is 13.0. The highest BCUT2D eigenvalue weighted by Crippen LogP contribution is 2.30. The van der Waals surface area contributed by atoms with Crippen LogP contribution in [0.4, 0.5) is 5.69 Å². The molecule has 0 aliphatic carbocycles. The molecule has 2 aromatic carbocycles. The van der Waals surface area contributed by atoms with Crippen molar-refractivity contribution in [2.24, 2.45) is 0 Å². The van der Waals surface area contributed by atoms with Crippen molar-refractivity contribution in [3.05, 3.63) is 36.4 Å². The van der Waals surface area contributed by atoms with Crippen LogP contribution in [0.25, 0.3) is 10.8 Å². The molecule has 0 fully saturated rings. The third-order valence-corrected chi connectivity index (χ3v) is 3.05. The van der Waals surface area contributed by atoms with E-state index in [9.17, 15) is 0 Å². The Bertz CT molecular complexity index is 513. The number of hydrogen-bond donors (Lipinski definition) is 1. The van der Waals surface area contributed by atoms with Crippen LogP contribution in [0.1, 0.15) is 13.3 Å². The fraction of sp³-hybridized carbons (Fsp3) is 0.333. The van der Waals surface area contributed by atoms with Crippen LogP contribution in [0, 0.1) is 0 Å². The summed E-state index contributed by atoms with van der Waals surface area (Å²) in [4.78, 5) is 0. The molecule has 0 bridgehead atoms. The first-order chi connectivity index (χ1) is 8.86. The van der Waals surface area contributed by atoms with E-state index in [0.29, 0.717) is 12.5 Å². The molecule has 0 aromatic heterocycles. The maximum atomic E-state index is 5.78. The lowest BCUT2D eigenvalue weighted by atomic mass is 10.1. The second-order valence-electron chi connectivity index (χ2n) is 4.08. The van der Waals surface area contributed by atoms with Crippen molar-refractivity contribution in [2.45, 2.75) is 13.3 Å². The van der Waals surface area contributed by atoms with E-state index >= 15 is 0 Å². The largest absolute Gasteiger partial charge is 0.493 e. The number of rotatable bonds is 6. The average molecular weight is 264 g/mol. The highest BCUT2D eigenvalue weighted by Gasteiger charge is 2.04. The zero-order chi connectivity index (χ0) is 12.8. The third kappa shape index (κ3) is 2.88. The minimum absolute atomic E-state index is 0.632. The normalized spacial score (nSPS) is 10.6. The summed E-state index contributed by atoms with van der Waals surface area (Å²) in [6, 6.07) is 12.4. The summed E-state index contributed by atoms with van der Waals surface area (Å²) >= 11 is 5.66. The lowest BCUT2D eigenvalue weighted by Gasteiger charge is -2.12. The monoisotopic (exact) mass is 263 g/mol. The Labute approximate surface area is 113 Å². The Hall–Kier alpha value is -1.41. The van der Waals surface area contributed by atoms with Crippen molar-refractivity contribution in [2.75, 3.05) is 24.3 Å². The van der Waals surface area contributed by atoms with E-state index in [2.05, 4.69) is 36.5 Å². The van der Waals surface area contributed by atoms with E-state index in [0.717, 1.165) is 29.8 Å². The highest BCUT2D eigenvalue weighted by molar-refractivity contribution is 6.17. The molecule has 96 valence electrons. The molecule has 0 aliphatic rings. The minimum Gasteiger partial charge on any atom is -0.493 e. The molecule has 0 heterocycles. The molecule has 0 amide bonds. The molecule has 3 heteroatoms. The van der Waals surface area contributed by atoms with E-state index in [1.54, 1.807) is 0 Å². The molecule has 2 aromatic rings. The quantitative estimate of drug-likeness (QED) is 0.620. The van der Waals surface area contributed by atoms with Crippen LogP contribution in [0.2, 0.25) is 0 Å². The predicted molar refractivity (Wildman–Crippen MR) is 78.9 cm³/mol. The van der Waals surface area contributed by atoms with Crippen LogP contribution >= 0.6 is 11.6 Å². The van der Waals surface area contributed by atoms with Gasteiger partial charge in [0.15, 0.2) is 0 Å². The van der Waals surface area contributed by atoms with Crippen LogP contribution in [0.15, 0.2) is 36.4 Å². The number of nitrogens with one attached hydrogen (secondary N) is 1. The molecule has 0 atom stereocenters. The van der Waals surface area contributed by atoms with Gasteiger partial charge < -0.3 is 10.1 Å². The van der Waals surface area contributed by atoms with Gasteiger partial charge in [-0.15, -0.1) is 11.6 Å². The van der Waals surface area contributed by atoms with Crippen molar-refractivity contribution in [3.63, 3.8) is 0 Å². The van der Waals surface area contributed by atoms with Gasteiger partial charge in [0.2, 0.25) is 0 Å². The summed E-state index contributed by atoms with van der Waals surface area (Å²) in [5.41, 5.74) is 1.15. The van der Waals surface area contributed by atoms with E-state index in [4.69, 9.17) is 16.3 Å². The van der Waals surface area contributed by atoms with E-state index in [-0.39, 0.29) is 0 Å². The van der Waals surface area contributed by atoms with Crippen LogP contribution < -0.4 is 10.1 Å². The van der Waals surface area contributed by atoms with Gasteiger partial charge in [0.05, 0.1) is 6.61 Å². The Morgan fingerprint density at radius 1 is 1.11 bits per heavy atom. The van der Waals surface area contributed by atoms with Crippen molar-refractivity contribution < 1.29 is 4.74 Å². The van der Waals surface area contributed by atoms with Gasteiger partial charge in [0.1, 0.15) is 5.75 Å². The third-order valence-electron chi connectivity index (χ3n) is 2.78. The SMILES string of the molecule is CCNc1cccc2c(OCCCCl)cccc12. The van der Waals surface area contributed by atoms with Gasteiger partial charge in [-0.25, -0.2) is 0 Å². The number of benzene rings is 2. The van der Waals surface area contributed by atoms with Crippen LogP contribution in [-0.2, 0) is 0 Å². The van der Waals surface area contributed by atoms with Gasteiger partial charge in [0.25, 0.3) is 0 Å². The van der Waals surface area contributed by atoms with Crippen LogP contribution in [0.3, 0.4) is 0 Å². The Kier molecular flexibility index (Phi) is 4.71. The summed E-state index contributed by atoms with van der Waals surface area (Å²) in [7, 11) is 0. The number of alkyl halides is 1. The maximum absolute atomic E-state index is 5.78. The lowest BCUT2D eigenvalue weighted by molar-refractivity contribution is 0.322. The van der Waals surface area contributed by atoms with Gasteiger partial charge in [-0.3, -0.25) is 0 Å². The number of hydrogen-bond acceptors (Lipinski definition) is 2. The molecule has 2 rings (SSSR count). The van der Waals surface area contributed by atoms with E-state index < -0.39 is 0 Å². The number of anilines is 1. The van der Waals surface area contributed by atoms with Gasteiger partial charge in [-0.2, -0.15) is 0 Å². The molecule has 1 N–H and O–H groups in total. The first-order valence-electron chi connectivity index (χ1n) is 6.31. The van der Waals surface area contributed by atoms with Gasteiger partial charge >= 0.3 is 0 Å². The highest BCUT2D eigenvalue weighted by atomic mass is 35.5. The van der Waals surface area contributed by atoms with Gasteiger partial charge in [-0.05, 0) is 25.5 Å². The molecular weight excluding hydrogens is 246 g/mol.